The fourth-order valence-corrected chi connectivity index (χ4v) is 0.642. The summed E-state index contributed by atoms with van der Waals surface area (Å²) in [7, 11) is 6.25. The van der Waals surface area contributed by atoms with Crippen LogP contribution in [0.5, 0.6) is 0 Å². The Bertz CT molecular complexity index is 188. The van der Waals surface area contributed by atoms with Crippen molar-refractivity contribution in [1.82, 2.24) is 0 Å². The predicted octanol–water partition coefficient (Wildman–Crippen LogP) is -1.43. The van der Waals surface area contributed by atoms with Crippen LogP contribution < -0.4 is 28.9 Å². The van der Waals surface area contributed by atoms with E-state index in [-0.39, 0.29) is 41.0 Å². The molecule has 0 aliphatic carbocycles. The third-order valence-corrected chi connectivity index (χ3v) is 1.11. The van der Waals surface area contributed by atoms with Crippen LogP contribution in [0.3, 0.4) is 0 Å². The van der Waals surface area contributed by atoms with E-state index in [1.54, 1.807) is 0 Å². The SMILES string of the molecule is C[NH+](C)C.[Fe].[I-].[cH-]1[cH-][cH-][cH-][cH-]1.c1cc[cH-]c1. The van der Waals surface area contributed by atoms with E-state index in [4.69, 9.17) is 0 Å². The monoisotopic (exact) mass is 373 g/mol. The van der Waals surface area contributed by atoms with Crippen molar-refractivity contribution in [2.45, 2.75) is 0 Å². The fourth-order valence-electron chi connectivity index (χ4n) is 0.642. The zero-order valence-corrected chi connectivity index (χ0v) is 13.3. The van der Waals surface area contributed by atoms with Crippen LogP contribution in [0.15, 0.2) is 60.7 Å². The van der Waals surface area contributed by atoms with Crippen molar-refractivity contribution in [2.75, 3.05) is 21.1 Å². The summed E-state index contributed by atoms with van der Waals surface area (Å²) in [6.07, 6.45) is 0. The Balaban J connectivity index is -0.000000151. The van der Waals surface area contributed by atoms with Crippen molar-refractivity contribution < 1.29 is 45.9 Å². The zero-order chi connectivity index (χ0) is 10.6. The summed E-state index contributed by atoms with van der Waals surface area (Å²) in [4.78, 5) is 1.42. The van der Waals surface area contributed by atoms with Gasteiger partial charge >= 0.3 is 0 Å². The van der Waals surface area contributed by atoms with Crippen LogP contribution in [0.1, 0.15) is 0 Å². The molecule has 3 heteroatoms. The standard InChI is InChI=1S/2C5H5.C3H9N.Fe.HI/c2*1-2-4-5-3-1;1-4(2)3;;/h2*1-5H;1-3H3;;1H/q-5;-1;;;. The van der Waals surface area contributed by atoms with E-state index in [2.05, 4.69) is 21.1 Å². The second kappa shape index (κ2) is 17.3. The Hall–Kier alpha value is -0.0905. The topological polar surface area (TPSA) is 4.44 Å². The van der Waals surface area contributed by atoms with E-state index in [9.17, 15) is 0 Å². The summed E-state index contributed by atoms with van der Waals surface area (Å²) in [5.74, 6) is 0. The molecule has 0 amide bonds. The minimum absolute atomic E-state index is 0. The minimum Gasteiger partial charge on any atom is -1.00 e. The summed E-state index contributed by atoms with van der Waals surface area (Å²) in [5, 5.41) is 0. The molecule has 2 aromatic rings. The van der Waals surface area contributed by atoms with Crippen LogP contribution in [-0.4, -0.2) is 21.1 Å². The number of rotatable bonds is 0. The molecule has 2 aromatic carbocycles. The summed E-state index contributed by atoms with van der Waals surface area (Å²) in [5.41, 5.74) is 0. The first-order valence-electron chi connectivity index (χ1n) is 4.83. The van der Waals surface area contributed by atoms with Gasteiger partial charge in [-0.05, 0) is 0 Å². The first kappa shape index (κ1) is 21.2. The van der Waals surface area contributed by atoms with Gasteiger partial charge in [-0.1, -0.05) is 0 Å². The molecule has 0 radical (unpaired) electrons. The van der Waals surface area contributed by atoms with Gasteiger partial charge in [0.2, 0.25) is 0 Å². The Morgan fingerprint density at radius 2 is 1.00 bits per heavy atom. The van der Waals surface area contributed by atoms with Gasteiger partial charge in [0.1, 0.15) is 0 Å². The zero-order valence-electron chi connectivity index (χ0n) is 10.0. The van der Waals surface area contributed by atoms with Gasteiger partial charge in [0.25, 0.3) is 0 Å². The summed E-state index contributed by atoms with van der Waals surface area (Å²) in [6, 6.07) is 20.0. The molecule has 2 rings (SSSR count). The van der Waals surface area contributed by atoms with Crippen LogP contribution >= 0.6 is 0 Å². The number of quaternary nitrogens is 1. The second-order valence-corrected chi connectivity index (χ2v) is 3.42. The fraction of sp³-hybridized carbons (Fsp3) is 0.231. The van der Waals surface area contributed by atoms with E-state index >= 15 is 0 Å². The summed E-state index contributed by atoms with van der Waals surface area (Å²) >= 11 is 0. The molecular formula is C13H20FeIN-6. The average Bonchev–Trinajstić information content (AvgIpc) is 2.83. The number of hydrogen-bond acceptors (Lipinski definition) is 0. The van der Waals surface area contributed by atoms with Gasteiger partial charge in [0.15, 0.2) is 0 Å². The van der Waals surface area contributed by atoms with Gasteiger partial charge < -0.3 is 59.2 Å². The van der Waals surface area contributed by atoms with E-state index in [0.29, 0.717) is 0 Å². The third kappa shape index (κ3) is 23.6. The minimum atomic E-state index is 0. The van der Waals surface area contributed by atoms with Crippen LogP contribution in [-0.2, 0) is 17.1 Å². The molecule has 0 bridgehead atoms. The van der Waals surface area contributed by atoms with Crippen molar-refractivity contribution in [3.05, 3.63) is 60.7 Å². The van der Waals surface area contributed by atoms with Crippen molar-refractivity contribution in [1.29, 1.82) is 0 Å². The molecule has 0 aliphatic rings. The molecule has 0 aliphatic heterocycles. The number of halogens is 1. The molecule has 16 heavy (non-hydrogen) atoms. The largest absolute Gasteiger partial charge is 1.00 e. The maximum atomic E-state index is 2.08. The molecule has 0 saturated heterocycles. The molecular weight excluding hydrogens is 353 g/mol. The Morgan fingerprint density at radius 3 is 1.12 bits per heavy atom. The maximum Gasteiger partial charge on any atom is 0.0661 e. The third-order valence-electron chi connectivity index (χ3n) is 1.11. The molecule has 0 fully saturated rings. The van der Waals surface area contributed by atoms with Crippen molar-refractivity contribution in [2.24, 2.45) is 0 Å². The first-order chi connectivity index (χ1) is 6.73. The first-order valence-corrected chi connectivity index (χ1v) is 4.83. The summed E-state index contributed by atoms with van der Waals surface area (Å²) < 4.78 is 0. The molecule has 1 nitrogen and oxygen atoms in total. The molecule has 0 atom stereocenters. The molecule has 0 heterocycles. The van der Waals surface area contributed by atoms with E-state index in [1.807, 2.05) is 60.7 Å². The van der Waals surface area contributed by atoms with E-state index in [0.717, 1.165) is 0 Å². The average molecular weight is 373 g/mol. The van der Waals surface area contributed by atoms with Gasteiger partial charge in [-0.25, -0.2) is 12.1 Å². The van der Waals surface area contributed by atoms with Gasteiger partial charge in [0.05, 0.1) is 21.1 Å². The Labute approximate surface area is 127 Å². The van der Waals surface area contributed by atoms with Crippen LogP contribution in [0.2, 0.25) is 0 Å². The van der Waals surface area contributed by atoms with Gasteiger partial charge in [-0.2, -0.15) is 18.2 Å². The molecule has 1 N–H and O–H groups in total. The van der Waals surface area contributed by atoms with Gasteiger partial charge in [-0.15, -0.1) is 0 Å². The Morgan fingerprint density at radius 1 is 0.750 bits per heavy atom. The van der Waals surface area contributed by atoms with Crippen molar-refractivity contribution >= 4 is 0 Å². The van der Waals surface area contributed by atoms with Crippen LogP contribution in [0.4, 0.5) is 0 Å². The number of nitrogens with one attached hydrogen (secondary N) is 1. The van der Waals surface area contributed by atoms with E-state index < -0.39 is 0 Å². The van der Waals surface area contributed by atoms with Gasteiger partial charge in [-0.3, -0.25) is 0 Å². The maximum absolute atomic E-state index is 2.08. The van der Waals surface area contributed by atoms with E-state index in [1.165, 1.54) is 4.90 Å². The normalized spacial score (nSPS) is 7.25. The number of hydrogen-bond donors (Lipinski definition) is 1. The molecule has 0 aromatic heterocycles. The van der Waals surface area contributed by atoms with Crippen molar-refractivity contribution in [3.8, 4) is 0 Å². The molecule has 0 saturated carbocycles. The van der Waals surface area contributed by atoms with Gasteiger partial charge in [0, 0.05) is 17.1 Å². The quantitative estimate of drug-likeness (QED) is 0.329. The predicted molar refractivity (Wildman–Crippen MR) is 62.8 cm³/mol. The Kier molecular flexibility index (Phi) is 23.0. The van der Waals surface area contributed by atoms with Crippen LogP contribution in [0.25, 0.3) is 0 Å². The molecule has 0 spiro atoms. The molecule has 0 unspecified atom stereocenters. The van der Waals surface area contributed by atoms with Crippen molar-refractivity contribution in [3.63, 3.8) is 0 Å². The smallest absolute Gasteiger partial charge is 0.0661 e. The molecule has 98 valence electrons. The second-order valence-electron chi connectivity index (χ2n) is 3.42. The van der Waals surface area contributed by atoms with Crippen LogP contribution in [0, 0.1) is 0 Å². The summed E-state index contributed by atoms with van der Waals surface area (Å²) in [6.45, 7) is 0.